The topological polar surface area (TPSA) is 65.4 Å². The molecule has 26 heavy (non-hydrogen) atoms. The van der Waals surface area contributed by atoms with E-state index in [0.717, 1.165) is 23.5 Å². The van der Waals surface area contributed by atoms with Crippen molar-refractivity contribution in [3.05, 3.63) is 35.2 Å². The van der Waals surface area contributed by atoms with Crippen molar-refractivity contribution >= 4 is 11.6 Å². The van der Waals surface area contributed by atoms with Gasteiger partial charge in [-0.1, -0.05) is 13.8 Å². The van der Waals surface area contributed by atoms with Gasteiger partial charge < -0.3 is 14.8 Å². The van der Waals surface area contributed by atoms with Crippen LogP contribution in [0.15, 0.2) is 18.2 Å². The molecule has 6 heteroatoms. The molecular formula is C20H29N3O3. The monoisotopic (exact) mass is 359 g/mol. The first-order chi connectivity index (χ1) is 12.3. The van der Waals surface area contributed by atoms with E-state index >= 15 is 0 Å². The van der Waals surface area contributed by atoms with Crippen LogP contribution < -0.4 is 14.8 Å². The lowest BCUT2D eigenvalue weighted by molar-refractivity contribution is -0.116. The van der Waals surface area contributed by atoms with Crippen LogP contribution in [-0.2, 0) is 17.8 Å². The minimum atomic E-state index is -0.0346. The Morgan fingerprint density at radius 1 is 1.19 bits per heavy atom. The molecule has 1 N–H and O–H groups in total. The van der Waals surface area contributed by atoms with E-state index in [1.807, 2.05) is 11.6 Å². The molecule has 1 heterocycles. The fourth-order valence-electron chi connectivity index (χ4n) is 3.00. The number of carbonyl (C=O) groups excluding carboxylic acids is 1. The van der Waals surface area contributed by atoms with Crippen molar-refractivity contribution in [1.82, 2.24) is 9.78 Å². The first kappa shape index (κ1) is 19.8. The Kier molecular flexibility index (Phi) is 6.66. The minimum absolute atomic E-state index is 0.0346. The maximum absolute atomic E-state index is 12.3. The molecule has 0 aliphatic rings. The summed E-state index contributed by atoms with van der Waals surface area (Å²) < 4.78 is 12.5. The highest BCUT2D eigenvalue weighted by Crippen LogP contribution is 2.29. The van der Waals surface area contributed by atoms with Gasteiger partial charge in [0.1, 0.15) is 0 Å². The van der Waals surface area contributed by atoms with Crippen molar-refractivity contribution in [3.8, 4) is 11.5 Å². The first-order valence-corrected chi connectivity index (χ1v) is 8.90. The van der Waals surface area contributed by atoms with E-state index in [4.69, 9.17) is 9.47 Å². The third-order valence-corrected chi connectivity index (χ3v) is 4.34. The van der Waals surface area contributed by atoms with Crippen molar-refractivity contribution < 1.29 is 14.3 Å². The Hall–Kier alpha value is -2.50. The number of nitrogens with zero attached hydrogens (tertiary/aromatic N) is 2. The van der Waals surface area contributed by atoms with Crippen LogP contribution >= 0.6 is 0 Å². The van der Waals surface area contributed by atoms with Gasteiger partial charge in [0.15, 0.2) is 11.5 Å². The van der Waals surface area contributed by atoms with Crippen LogP contribution in [-0.4, -0.2) is 29.9 Å². The number of hydrogen-bond donors (Lipinski definition) is 1. The number of hydrogen-bond acceptors (Lipinski definition) is 4. The van der Waals surface area contributed by atoms with Crippen molar-refractivity contribution in [3.63, 3.8) is 0 Å². The molecule has 0 unspecified atom stereocenters. The summed E-state index contributed by atoms with van der Waals surface area (Å²) in [4.78, 5) is 12.3. The number of methoxy groups -OCH3 is 2. The van der Waals surface area contributed by atoms with E-state index < -0.39 is 0 Å². The average Bonchev–Trinajstić information content (AvgIpc) is 2.85. The quantitative estimate of drug-likeness (QED) is 0.780. The summed E-state index contributed by atoms with van der Waals surface area (Å²) >= 11 is 0. The molecule has 1 aromatic heterocycles. The molecule has 2 aromatic rings. The van der Waals surface area contributed by atoms with Gasteiger partial charge in [-0.15, -0.1) is 0 Å². The standard InChI is InChI=1S/C20H29N3O3/c1-13(2)12-23-15(4)17(14(3)22-23)8-10-20(24)21-16-7-9-18(25-5)19(11-16)26-6/h7,9,11,13H,8,10,12H2,1-6H3,(H,21,24). The molecule has 0 spiro atoms. The van der Waals surface area contributed by atoms with E-state index in [1.165, 1.54) is 0 Å². The molecule has 1 amide bonds. The molecule has 0 radical (unpaired) electrons. The predicted octanol–water partition coefficient (Wildman–Crippen LogP) is 3.74. The summed E-state index contributed by atoms with van der Waals surface area (Å²) in [6.07, 6.45) is 1.08. The lowest BCUT2D eigenvalue weighted by Crippen LogP contribution is -2.13. The second kappa shape index (κ2) is 8.74. The van der Waals surface area contributed by atoms with Crippen LogP contribution in [0.25, 0.3) is 0 Å². The number of nitrogens with one attached hydrogen (secondary N) is 1. The van der Waals surface area contributed by atoms with E-state index in [9.17, 15) is 4.79 Å². The summed E-state index contributed by atoms with van der Waals surface area (Å²) in [6, 6.07) is 5.34. The molecule has 142 valence electrons. The maximum atomic E-state index is 12.3. The Bertz CT molecular complexity index is 766. The van der Waals surface area contributed by atoms with Gasteiger partial charge in [-0.25, -0.2) is 0 Å². The molecular weight excluding hydrogens is 330 g/mol. The summed E-state index contributed by atoms with van der Waals surface area (Å²) in [6.45, 7) is 9.32. The minimum Gasteiger partial charge on any atom is -0.493 e. The number of aromatic nitrogens is 2. The molecule has 0 aliphatic carbocycles. The highest BCUT2D eigenvalue weighted by molar-refractivity contribution is 5.91. The fourth-order valence-corrected chi connectivity index (χ4v) is 3.00. The van der Waals surface area contributed by atoms with Crippen LogP contribution in [0.5, 0.6) is 11.5 Å². The van der Waals surface area contributed by atoms with Gasteiger partial charge in [-0.2, -0.15) is 5.10 Å². The Balaban J connectivity index is 2.00. The zero-order valence-corrected chi connectivity index (χ0v) is 16.5. The summed E-state index contributed by atoms with van der Waals surface area (Å²) in [5.41, 5.74) is 4.00. The second-order valence-corrected chi connectivity index (χ2v) is 6.84. The Labute approximate surface area is 155 Å². The van der Waals surface area contributed by atoms with Crippen molar-refractivity contribution in [2.75, 3.05) is 19.5 Å². The molecule has 0 atom stereocenters. The summed E-state index contributed by atoms with van der Waals surface area (Å²) in [5.74, 6) is 1.73. The predicted molar refractivity (Wildman–Crippen MR) is 103 cm³/mol. The number of ether oxygens (including phenoxy) is 2. The summed E-state index contributed by atoms with van der Waals surface area (Å²) in [5, 5.41) is 7.52. The van der Waals surface area contributed by atoms with Crippen LogP contribution in [0.1, 0.15) is 37.2 Å². The highest BCUT2D eigenvalue weighted by Gasteiger charge is 2.14. The fraction of sp³-hybridized carbons (Fsp3) is 0.500. The molecule has 0 aliphatic heterocycles. The zero-order chi connectivity index (χ0) is 19.3. The lowest BCUT2D eigenvalue weighted by atomic mass is 10.1. The molecule has 6 nitrogen and oxygen atoms in total. The highest BCUT2D eigenvalue weighted by atomic mass is 16.5. The molecule has 2 rings (SSSR count). The number of amides is 1. The number of aryl methyl sites for hydroxylation is 1. The van der Waals surface area contributed by atoms with Crippen molar-refractivity contribution in [2.45, 2.75) is 47.1 Å². The molecule has 0 saturated heterocycles. The van der Waals surface area contributed by atoms with Crippen LogP contribution in [0, 0.1) is 19.8 Å². The number of rotatable bonds is 8. The number of benzene rings is 1. The van der Waals surface area contributed by atoms with Crippen molar-refractivity contribution in [2.24, 2.45) is 5.92 Å². The second-order valence-electron chi connectivity index (χ2n) is 6.84. The van der Waals surface area contributed by atoms with Gasteiger partial charge in [0.05, 0.1) is 19.9 Å². The van der Waals surface area contributed by atoms with Gasteiger partial charge in [-0.3, -0.25) is 9.48 Å². The Morgan fingerprint density at radius 3 is 2.50 bits per heavy atom. The third-order valence-electron chi connectivity index (χ3n) is 4.34. The van der Waals surface area contributed by atoms with E-state index in [-0.39, 0.29) is 5.91 Å². The van der Waals surface area contributed by atoms with Crippen LogP contribution in [0.4, 0.5) is 5.69 Å². The zero-order valence-electron chi connectivity index (χ0n) is 16.5. The van der Waals surface area contributed by atoms with Crippen LogP contribution in [0.3, 0.4) is 0 Å². The van der Waals surface area contributed by atoms with Gasteiger partial charge in [0.2, 0.25) is 5.91 Å². The van der Waals surface area contributed by atoms with E-state index in [2.05, 4.69) is 31.2 Å². The normalized spacial score (nSPS) is 10.9. The smallest absolute Gasteiger partial charge is 0.224 e. The van der Waals surface area contributed by atoms with Gasteiger partial charge in [0, 0.05) is 30.4 Å². The largest absolute Gasteiger partial charge is 0.493 e. The van der Waals surface area contributed by atoms with Crippen LogP contribution in [0.2, 0.25) is 0 Å². The first-order valence-electron chi connectivity index (χ1n) is 8.90. The SMILES string of the molecule is COc1ccc(NC(=O)CCc2c(C)nn(CC(C)C)c2C)cc1OC. The molecule has 0 fully saturated rings. The number of anilines is 1. The maximum Gasteiger partial charge on any atom is 0.224 e. The van der Waals surface area contributed by atoms with Crippen molar-refractivity contribution in [1.29, 1.82) is 0 Å². The lowest BCUT2D eigenvalue weighted by Gasteiger charge is -2.11. The average molecular weight is 359 g/mol. The van der Waals surface area contributed by atoms with Gasteiger partial charge in [-0.05, 0) is 43.9 Å². The van der Waals surface area contributed by atoms with E-state index in [1.54, 1.807) is 32.4 Å². The summed E-state index contributed by atoms with van der Waals surface area (Å²) in [7, 11) is 3.16. The van der Waals surface area contributed by atoms with Gasteiger partial charge >= 0.3 is 0 Å². The van der Waals surface area contributed by atoms with E-state index in [0.29, 0.717) is 35.9 Å². The molecule has 1 aromatic carbocycles. The van der Waals surface area contributed by atoms with Gasteiger partial charge in [0.25, 0.3) is 0 Å². The molecule has 0 saturated carbocycles. The molecule has 0 bridgehead atoms. The third kappa shape index (κ3) is 4.77. The number of carbonyl (C=O) groups is 1. The Morgan fingerprint density at radius 2 is 1.88 bits per heavy atom.